The summed E-state index contributed by atoms with van der Waals surface area (Å²) < 4.78 is 0. The summed E-state index contributed by atoms with van der Waals surface area (Å²) in [5.41, 5.74) is 4.06. The van der Waals surface area contributed by atoms with Gasteiger partial charge in [-0.05, 0) is 35.5 Å². The molecule has 0 fully saturated rings. The second-order valence-electron chi connectivity index (χ2n) is 8.65. The lowest BCUT2D eigenvalue weighted by molar-refractivity contribution is 0.629. The first-order chi connectivity index (χ1) is 10.7. The molecule has 0 aliphatic rings. The van der Waals surface area contributed by atoms with Crippen LogP contribution in [0.5, 0.6) is 0 Å². The van der Waals surface area contributed by atoms with Gasteiger partial charge in [-0.2, -0.15) is 0 Å². The van der Waals surface area contributed by atoms with E-state index in [0.29, 0.717) is 35.5 Å². The van der Waals surface area contributed by atoms with Crippen LogP contribution in [0.25, 0.3) is 0 Å². The summed E-state index contributed by atoms with van der Waals surface area (Å²) in [4.78, 5) is 0. The monoisotopic (exact) mass is 336 g/mol. The summed E-state index contributed by atoms with van der Waals surface area (Å²) in [6.45, 7) is 38.1. The van der Waals surface area contributed by atoms with E-state index in [-0.39, 0.29) is 0 Å². The Morgan fingerprint density at radius 1 is 0.333 bits per heavy atom. The van der Waals surface area contributed by atoms with Crippen molar-refractivity contribution in [3.8, 4) is 0 Å². The van der Waals surface area contributed by atoms with Crippen molar-refractivity contribution < 1.29 is 0 Å². The third-order valence-electron chi connectivity index (χ3n) is 4.45. The van der Waals surface area contributed by atoms with E-state index in [9.17, 15) is 0 Å². The molecule has 0 aliphatic heterocycles. The first kappa shape index (κ1) is 28.0. The molecule has 0 rings (SSSR count). The van der Waals surface area contributed by atoms with Gasteiger partial charge in [-0.1, -0.05) is 120 Å². The molecule has 0 spiro atoms. The highest BCUT2D eigenvalue weighted by Crippen LogP contribution is 2.16. The second kappa shape index (κ2) is 14.6. The third-order valence-corrected chi connectivity index (χ3v) is 4.45. The molecule has 144 valence electrons. The van der Waals surface area contributed by atoms with Crippen LogP contribution in [0.15, 0.2) is 36.5 Å². The predicted octanol–water partition coefficient (Wildman–Crippen LogP) is 8.56. The Morgan fingerprint density at radius 2 is 0.417 bits per heavy atom. The second-order valence-corrected chi connectivity index (χ2v) is 8.65. The highest BCUT2D eigenvalue weighted by molar-refractivity contribution is 5.01. The van der Waals surface area contributed by atoms with Gasteiger partial charge < -0.3 is 0 Å². The Morgan fingerprint density at radius 3 is 0.417 bits per heavy atom. The van der Waals surface area contributed by atoms with E-state index >= 15 is 0 Å². The topological polar surface area (TPSA) is 0 Å². The largest absolute Gasteiger partial charge is 0.0993 e. The van der Waals surface area contributed by atoms with Gasteiger partial charge in [0.05, 0.1) is 0 Å². The fraction of sp³-hybridized carbons (Fsp3) is 0.750. The quantitative estimate of drug-likeness (QED) is 0.426. The molecule has 0 amide bonds. The lowest BCUT2D eigenvalue weighted by Gasteiger charge is -2.11. The zero-order valence-corrected chi connectivity index (χ0v) is 19.1. The van der Waals surface area contributed by atoms with E-state index in [1.807, 2.05) is 0 Å². The van der Waals surface area contributed by atoms with Crippen LogP contribution in [-0.4, -0.2) is 0 Å². The van der Waals surface area contributed by atoms with Crippen molar-refractivity contribution in [1.29, 1.82) is 0 Å². The van der Waals surface area contributed by atoms with E-state index in [1.54, 1.807) is 0 Å². The maximum atomic E-state index is 3.95. The van der Waals surface area contributed by atoms with Crippen molar-refractivity contribution in [3.63, 3.8) is 0 Å². The first-order valence-corrected chi connectivity index (χ1v) is 9.72. The molecule has 0 saturated heterocycles. The zero-order valence-electron chi connectivity index (χ0n) is 19.1. The summed E-state index contributed by atoms with van der Waals surface area (Å²) in [6, 6.07) is 0. The minimum absolute atomic E-state index is 0.648. The lowest BCUT2D eigenvalue weighted by Crippen LogP contribution is -1.99. The number of allylic oxidation sites excluding steroid dienone is 3. The van der Waals surface area contributed by atoms with E-state index in [0.717, 1.165) is 0 Å². The van der Waals surface area contributed by atoms with E-state index in [4.69, 9.17) is 0 Å². The van der Waals surface area contributed by atoms with E-state index < -0.39 is 0 Å². The standard InChI is InChI=1S/3C8H16/c3*1-6(2)8(5)7(3)4/h3*6-7H,5H2,1-4H3. The van der Waals surface area contributed by atoms with Gasteiger partial charge in [-0.25, -0.2) is 0 Å². The van der Waals surface area contributed by atoms with Crippen LogP contribution in [0.2, 0.25) is 0 Å². The Kier molecular flexibility index (Phi) is 17.0. The Bertz CT molecular complexity index is 261. The van der Waals surface area contributed by atoms with E-state index in [2.05, 4.69) is 103 Å². The predicted molar refractivity (Wildman–Crippen MR) is 116 cm³/mol. The molecule has 0 nitrogen and oxygen atoms in total. The van der Waals surface area contributed by atoms with Crippen LogP contribution >= 0.6 is 0 Å². The van der Waals surface area contributed by atoms with Crippen LogP contribution in [0.4, 0.5) is 0 Å². The van der Waals surface area contributed by atoms with Crippen LogP contribution in [0.1, 0.15) is 83.1 Å². The van der Waals surface area contributed by atoms with Crippen molar-refractivity contribution >= 4 is 0 Å². The summed E-state index contributed by atoms with van der Waals surface area (Å²) in [5, 5.41) is 0. The lowest BCUT2D eigenvalue weighted by atomic mass is 9.95. The van der Waals surface area contributed by atoms with Gasteiger partial charge in [-0.15, -0.1) is 0 Å². The number of hydrogen-bond acceptors (Lipinski definition) is 0. The SMILES string of the molecule is C=C(C(C)C)C(C)C.C=C(C(C)C)C(C)C.C=C(C(C)C)C(C)C. The summed E-state index contributed by atoms with van der Waals surface area (Å²) in [5.74, 6) is 3.89. The number of hydrogen-bond donors (Lipinski definition) is 0. The molecular formula is C24H48. The molecule has 0 saturated carbocycles. The van der Waals surface area contributed by atoms with E-state index in [1.165, 1.54) is 16.7 Å². The molecule has 0 unspecified atom stereocenters. The molecular weight excluding hydrogens is 288 g/mol. The fourth-order valence-corrected chi connectivity index (χ4v) is 2.00. The van der Waals surface area contributed by atoms with Gasteiger partial charge in [0.1, 0.15) is 0 Å². The van der Waals surface area contributed by atoms with Gasteiger partial charge in [0.15, 0.2) is 0 Å². The van der Waals surface area contributed by atoms with Crippen molar-refractivity contribution in [2.24, 2.45) is 35.5 Å². The van der Waals surface area contributed by atoms with Crippen molar-refractivity contribution in [3.05, 3.63) is 36.5 Å². The minimum Gasteiger partial charge on any atom is -0.0993 e. The molecule has 0 radical (unpaired) electrons. The molecule has 0 atom stereocenters. The highest BCUT2D eigenvalue weighted by Gasteiger charge is 2.03. The molecule has 0 aromatic carbocycles. The Balaban J connectivity index is -0.000000276. The number of rotatable bonds is 6. The molecule has 0 aromatic heterocycles. The van der Waals surface area contributed by atoms with Crippen LogP contribution < -0.4 is 0 Å². The average molecular weight is 337 g/mol. The normalized spacial score (nSPS) is 10.8. The maximum absolute atomic E-state index is 3.95. The van der Waals surface area contributed by atoms with Crippen LogP contribution in [0, 0.1) is 35.5 Å². The summed E-state index contributed by atoms with van der Waals surface area (Å²) in [6.07, 6.45) is 0. The van der Waals surface area contributed by atoms with Gasteiger partial charge in [0, 0.05) is 0 Å². The third kappa shape index (κ3) is 16.1. The van der Waals surface area contributed by atoms with Gasteiger partial charge in [0.2, 0.25) is 0 Å². The Hall–Kier alpha value is -0.780. The van der Waals surface area contributed by atoms with Crippen molar-refractivity contribution in [1.82, 2.24) is 0 Å². The molecule has 0 bridgehead atoms. The van der Waals surface area contributed by atoms with Crippen LogP contribution in [-0.2, 0) is 0 Å². The minimum atomic E-state index is 0.648. The highest BCUT2D eigenvalue weighted by atomic mass is 14.1. The first-order valence-electron chi connectivity index (χ1n) is 9.72. The molecule has 24 heavy (non-hydrogen) atoms. The van der Waals surface area contributed by atoms with Gasteiger partial charge in [0.25, 0.3) is 0 Å². The Labute approximate surface area is 155 Å². The fourth-order valence-electron chi connectivity index (χ4n) is 2.00. The summed E-state index contributed by atoms with van der Waals surface area (Å²) >= 11 is 0. The maximum Gasteiger partial charge on any atom is -0.0260 e. The molecule has 0 heterocycles. The van der Waals surface area contributed by atoms with Crippen LogP contribution in [0.3, 0.4) is 0 Å². The smallest absolute Gasteiger partial charge is 0.0260 e. The molecule has 0 heteroatoms. The molecule has 0 aliphatic carbocycles. The van der Waals surface area contributed by atoms with Gasteiger partial charge in [-0.3, -0.25) is 0 Å². The molecule has 0 aromatic rings. The zero-order chi connectivity index (χ0) is 20.2. The van der Waals surface area contributed by atoms with Crippen molar-refractivity contribution in [2.45, 2.75) is 83.1 Å². The average Bonchev–Trinajstić information content (AvgIpc) is 2.45. The van der Waals surface area contributed by atoms with Gasteiger partial charge >= 0.3 is 0 Å². The van der Waals surface area contributed by atoms with Crippen molar-refractivity contribution in [2.75, 3.05) is 0 Å². The summed E-state index contributed by atoms with van der Waals surface area (Å²) in [7, 11) is 0. The molecule has 0 N–H and O–H groups in total.